The van der Waals surface area contributed by atoms with E-state index in [0.29, 0.717) is 35.5 Å². The number of carbonyl (C=O) groups excluding carboxylic acids is 1. The van der Waals surface area contributed by atoms with E-state index in [0.717, 1.165) is 12.0 Å². The minimum atomic E-state index is -0.198. The summed E-state index contributed by atoms with van der Waals surface area (Å²) in [6.45, 7) is 5.43. The molecule has 0 aliphatic carbocycles. The molecule has 2 N–H and O–H groups in total. The van der Waals surface area contributed by atoms with Gasteiger partial charge in [-0.05, 0) is 36.1 Å². The Balaban J connectivity index is 1.87. The second-order valence-electron chi connectivity index (χ2n) is 5.69. The van der Waals surface area contributed by atoms with Crippen molar-refractivity contribution < 1.29 is 4.79 Å². The average Bonchev–Trinajstić information content (AvgIpc) is 2.54. The molecule has 122 valence electrons. The van der Waals surface area contributed by atoms with Crippen molar-refractivity contribution in [1.82, 2.24) is 15.5 Å². The normalized spacial score (nSPS) is 10.6. The van der Waals surface area contributed by atoms with Gasteiger partial charge in [-0.15, -0.1) is 10.2 Å². The first-order chi connectivity index (χ1) is 11.1. The molecule has 5 nitrogen and oxygen atoms in total. The van der Waals surface area contributed by atoms with Gasteiger partial charge >= 0.3 is 0 Å². The molecular formula is C17H21ClN4O. The lowest BCUT2D eigenvalue weighted by Gasteiger charge is -2.08. The van der Waals surface area contributed by atoms with E-state index in [9.17, 15) is 4.79 Å². The molecule has 0 aliphatic heterocycles. The molecule has 1 aromatic heterocycles. The molecule has 1 amide bonds. The van der Waals surface area contributed by atoms with Crippen LogP contribution in [0.25, 0.3) is 0 Å². The molecule has 0 radical (unpaired) electrons. The number of halogens is 1. The van der Waals surface area contributed by atoms with Crippen LogP contribution in [0.3, 0.4) is 0 Å². The third kappa shape index (κ3) is 5.53. The summed E-state index contributed by atoms with van der Waals surface area (Å²) in [5.74, 6) is 0.956. The van der Waals surface area contributed by atoms with Crippen molar-refractivity contribution in [3.8, 4) is 0 Å². The molecule has 23 heavy (non-hydrogen) atoms. The third-order valence-electron chi connectivity index (χ3n) is 3.32. The second-order valence-corrected chi connectivity index (χ2v) is 6.09. The number of amides is 1. The fraction of sp³-hybridized carbons (Fsp3) is 0.353. The van der Waals surface area contributed by atoms with Crippen LogP contribution >= 0.6 is 11.6 Å². The first-order valence-corrected chi connectivity index (χ1v) is 8.03. The van der Waals surface area contributed by atoms with Crippen LogP contribution in [0.15, 0.2) is 36.4 Å². The summed E-state index contributed by atoms with van der Waals surface area (Å²) < 4.78 is 0. The number of benzene rings is 1. The minimum absolute atomic E-state index is 0.198. The van der Waals surface area contributed by atoms with Gasteiger partial charge < -0.3 is 10.6 Å². The Bertz CT molecular complexity index is 643. The quantitative estimate of drug-likeness (QED) is 0.814. The van der Waals surface area contributed by atoms with E-state index in [1.54, 1.807) is 12.1 Å². The fourth-order valence-corrected chi connectivity index (χ4v) is 2.14. The number of nitrogens with one attached hydrogen (secondary N) is 2. The Kier molecular flexibility index (Phi) is 6.35. The highest BCUT2D eigenvalue weighted by Gasteiger charge is 2.08. The summed E-state index contributed by atoms with van der Waals surface area (Å²) in [6.07, 6.45) is 0.941. The number of hydrogen-bond acceptors (Lipinski definition) is 4. The van der Waals surface area contributed by atoms with Crippen LogP contribution in [0, 0.1) is 5.92 Å². The van der Waals surface area contributed by atoms with Crippen molar-refractivity contribution in [2.24, 2.45) is 5.92 Å². The molecule has 0 saturated heterocycles. The van der Waals surface area contributed by atoms with Crippen LogP contribution in [-0.2, 0) is 6.54 Å². The lowest BCUT2D eigenvalue weighted by Crippen LogP contribution is -2.26. The summed E-state index contributed by atoms with van der Waals surface area (Å²) in [5.41, 5.74) is 1.29. The van der Waals surface area contributed by atoms with Crippen molar-refractivity contribution in [1.29, 1.82) is 0 Å². The van der Waals surface area contributed by atoms with Crippen molar-refractivity contribution in [2.75, 3.05) is 11.9 Å². The Morgan fingerprint density at radius 3 is 2.61 bits per heavy atom. The molecule has 2 rings (SSSR count). The van der Waals surface area contributed by atoms with E-state index in [-0.39, 0.29) is 5.91 Å². The number of carbonyl (C=O) groups is 1. The highest BCUT2D eigenvalue weighted by atomic mass is 35.5. The van der Waals surface area contributed by atoms with Gasteiger partial charge in [-0.25, -0.2) is 0 Å². The number of aromatic nitrogens is 2. The van der Waals surface area contributed by atoms with Crippen LogP contribution in [0.2, 0.25) is 5.02 Å². The summed E-state index contributed by atoms with van der Waals surface area (Å²) in [4.78, 5) is 11.9. The standard InChI is InChI=1S/C17H21ClN4O/c1-12(2)9-10-19-17(23)15-7-8-16(22-21-15)20-11-13-5-3-4-6-14(13)18/h3-8,12H,9-11H2,1-2H3,(H,19,23)(H,20,22). The molecule has 0 bridgehead atoms. The molecule has 1 aromatic carbocycles. The molecule has 0 unspecified atom stereocenters. The maximum Gasteiger partial charge on any atom is 0.271 e. The van der Waals surface area contributed by atoms with E-state index < -0.39 is 0 Å². The van der Waals surface area contributed by atoms with E-state index in [2.05, 4.69) is 34.7 Å². The van der Waals surface area contributed by atoms with E-state index >= 15 is 0 Å². The SMILES string of the molecule is CC(C)CCNC(=O)c1ccc(NCc2ccccc2Cl)nn1. The van der Waals surface area contributed by atoms with Gasteiger partial charge in [0.15, 0.2) is 5.69 Å². The maximum absolute atomic E-state index is 11.9. The van der Waals surface area contributed by atoms with Gasteiger partial charge in [-0.2, -0.15) is 0 Å². The summed E-state index contributed by atoms with van der Waals surface area (Å²) in [5, 5.41) is 14.7. The van der Waals surface area contributed by atoms with Crippen LogP contribution in [0.5, 0.6) is 0 Å². The van der Waals surface area contributed by atoms with E-state index in [1.165, 1.54) is 0 Å². The highest BCUT2D eigenvalue weighted by Crippen LogP contribution is 2.16. The van der Waals surface area contributed by atoms with Gasteiger partial charge in [0.2, 0.25) is 0 Å². The molecular weight excluding hydrogens is 312 g/mol. The van der Waals surface area contributed by atoms with Crippen LogP contribution < -0.4 is 10.6 Å². The molecule has 0 aliphatic rings. The van der Waals surface area contributed by atoms with Gasteiger partial charge in [0, 0.05) is 18.1 Å². The van der Waals surface area contributed by atoms with Crippen LogP contribution in [0.1, 0.15) is 36.3 Å². The van der Waals surface area contributed by atoms with Gasteiger partial charge in [-0.3, -0.25) is 4.79 Å². The van der Waals surface area contributed by atoms with E-state index in [1.807, 2.05) is 24.3 Å². The summed E-state index contributed by atoms with van der Waals surface area (Å²) in [7, 11) is 0. The number of rotatable bonds is 7. The molecule has 6 heteroatoms. The van der Waals surface area contributed by atoms with Crippen molar-refractivity contribution in [2.45, 2.75) is 26.8 Å². The smallest absolute Gasteiger partial charge is 0.271 e. The van der Waals surface area contributed by atoms with Crippen molar-refractivity contribution >= 4 is 23.3 Å². The number of nitrogens with zero attached hydrogens (tertiary/aromatic N) is 2. The molecule has 0 saturated carbocycles. The van der Waals surface area contributed by atoms with Gasteiger partial charge in [0.25, 0.3) is 5.91 Å². The van der Waals surface area contributed by atoms with Gasteiger partial charge in [-0.1, -0.05) is 43.6 Å². The zero-order valence-electron chi connectivity index (χ0n) is 13.3. The van der Waals surface area contributed by atoms with Crippen molar-refractivity contribution in [3.05, 3.63) is 52.7 Å². The molecule has 0 atom stereocenters. The van der Waals surface area contributed by atoms with Crippen LogP contribution in [-0.4, -0.2) is 22.6 Å². The molecule has 1 heterocycles. The Hall–Kier alpha value is -2.14. The molecule has 2 aromatic rings. The second kappa shape index (κ2) is 8.48. The topological polar surface area (TPSA) is 66.9 Å². The van der Waals surface area contributed by atoms with Crippen molar-refractivity contribution in [3.63, 3.8) is 0 Å². The molecule has 0 spiro atoms. The Morgan fingerprint density at radius 2 is 1.96 bits per heavy atom. The van der Waals surface area contributed by atoms with Gasteiger partial charge in [0.05, 0.1) is 0 Å². The zero-order chi connectivity index (χ0) is 16.7. The lowest BCUT2D eigenvalue weighted by molar-refractivity contribution is 0.0946. The first kappa shape index (κ1) is 17.2. The monoisotopic (exact) mass is 332 g/mol. The average molecular weight is 333 g/mol. The Morgan fingerprint density at radius 1 is 1.17 bits per heavy atom. The first-order valence-electron chi connectivity index (χ1n) is 7.65. The number of anilines is 1. The predicted molar refractivity (Wildman–Crippen MR) is 92.6 cm³/mol. The summed E-state index contributed by atoms with van der Waals surface area (Å²) >= 11 is 6.10. The fourth-order valence-electron chi connectivity index (χ4n) is 1.94. The maximum atomic E-state index is 11.9. The molecule has 0 fully saturated rings. The van der Waals surface area contributed by atoms with E-state index in [4.69, 9.17) is 11.6 Å². The number of hydrogen-bond donors (Lipinski definition) is 2. The summed E-state index contributed by atoms with van der Waals surface area (Å²) in [6, 6.07) is 11.0. The zero-order valence-corrected chi connectivity index (χ0v) is 14.1. The third-order valence-corrected chi connectivity index (χ3v) is 3.69. The highest BCUT2D eigenvalue weighted by molar-refractivity contribution is 6.31. The predicted octanol–water partition coefficient (Wildman–Crippen LogP) is 3.52. The minimum Gasteiger partial charge on any atom is -0.364 e. The Labute approximate surface area is 141 Å². The lowest BCUT2D eigenvalue weighted by atomic mass is 10.1. The van der Waals surface area contributed by atoms with Gasteiger partial charge in [0.1, 0.15) is 5.82 Å². The largest absolute Gasteiger partial charge is 0.364 e. The van der Waals surface area contributed by atoms with Crippen LogP contribution in [0.4, 0.5) is 5.82 Å².